The lowest BCUT2D eigenvalue weighted by Gasteiger charge is -2.34. The number of methoxy groups -OCH3 is 1. The molecule has 2 aliphatic rings. The number of carbonyl (C=O) groups excluding carboxylic acids is 3. The fourth-order valence-electron chi connectivity index (χ4n) is 2.74. The van der Waals surface area contributed by atoms with Crippen LogP contribution in [0.25, 0.3) is 0 Å². The minimum atomic E-state index is -0.994. The molecule has 0 aromatic heterocycles. The molecule has 4 atom stereocenters. The van der Waals surface area contributed by atoms with Crippen LogP contribution in [0.4, 0.5) is 0 Å². The van der Waals surface area contributed by atoms with Crippen LogP contribution in [-0.4, -0.2) is 55.2 Å². The molecule has 0 amide bonds. The van der Waals surface area contributed by atoms with E-state index in [1.165, 1.54) is 27.0 Å². The summed E-state index contributed by atoms with van der Waals surface area (Å²) < 4.78 is 26.7. The third-order valence-corrected chi connectivity index (χ3v) is 3.45. The van der Waals surface area contributed by atoms with Crippen molar-refractivity contribution in [3.05, 3.63) is 11.6 Å². The van der Waals surface area contributed by atoms with Gasteiger partial charge in [-0.15, -0.1) is 0 Å². The highest BCUT2D eigenvalue weighted by Crippen LogP contribution is 2.39. The molecule has 8 heteroatoms. The summed E-state index contributed by atoms with van der Waals surface area (Å²) >= 11 is 0. The number of rotatable bonds is 3. The van der Waals surface area contributed by atoms with Gasteiger partial charge in [-0.25, -0.2) is 4.79 Å². The minimum Gasteiger partial charge on any atom is -0.466 e. The lowest BCUT2D eigenvalue weighted by atomic mass is 9.89. The van der Waals surface area contributed by atoms with E-state index in [2.05, 4.69) is 0 Å². The lowest BCUT2D eigenvalue weighted by Crippen LogP contribution is -2.51. The maximum Gasteiger partial charge on any atom is 0.336 e. The first kappa shape index (κ1) is 17.4. The van der Waals surface area contributed by atoms with Crippen molar-refractivity contribution in [2.45, 2.75) is 57.9 Å². The number of hydrogen-bond acceptors (Lipinski definition) is 8. The normalized spacial score (nSPS) is 31.6. The summed E-state index contributed by atoms with van der Waals surface area (Å²) in [4.78, 5) is 34.7. The molecule has 1 aliphatic carbocycles. The average Bonchev–Trinajstić information content (AvgIpc) is 2.74. The molecule has 0 bridgehead atoms. The van der Waals surface area contributed by atoms with Gasteiger partial charge in [0.15, 0.2) is 18.0 Å². The van der Waals surface area contributed by atoms with Crippen LogP contribution in [0.1, 0.15) is 27.7 Å². The molecule has 0 aromatic carbocycles. The summed E-state index contributed by atoms with van der Waals surface area (Å²) in [6, 6.07) is 0. The Morgan fingerprint density at radius 3 is 2.22 bits per heavy atom. The van der Waals surface area contributed by atoms with Crippen molar-refractivity contribution in [1.82, 2.24) is 0 Å². The number of fused-ring (bicyclic) bond motifs is 1. The van der Waals surface area contributed by atoms with Crippen LogP contribution >= 0.6 is 0 Å². The lowest BCUT2D eigenvalue weighted by molar-refractivity contribution is -0.184. The van der Waals surface area contributed by atoms with E-state index in [-0.39, 0.29) is 5.57 Å². The van der Waals surface area contributed by atoms with Crippen LogP contribution in [0.3, 0.4) is 0 Å². The van der Waals surface area contributed by atoms with Gasteiger partial charge in [-0.05, 0) is 19.9 Å². The first-order valence-electron chi connectivity index (χ1n) is 7.14. The van der Waals surface area contributed by atoms with E-state index in [1.54, 1.807) is 13.8 Å². The Labute approximate surface area is 133 Å². The van der Waals surface area contributed by atoms with Crippen LogP contribution in [0, 0.1) is 0 Å². The fraction of sp³-hybridized carbons (Fsp3) is 0.667. The highest BCUT2D eigenvalue weighted by Gasteiger charge is 2.55. The molecule has 0 unspecified atom stereocenters. The third kappa shape index (κ3) is 3.70. The van der Waals surface area contributed by atoms with Crippen molar-refractivity contribution in [3.63, 3.8) is 0 Å². The average molecular weight is 328 g/mol. The Hall–Kier alpha value is -1.93. The molecular weight excluding hydrogens is 308 g/mol. The molecule has 2 rings (SSSR count). The molecule has 1 heterocycles. The van der Waals surface area contributed by atoms with Crippen molar-refractivity contribution in [1.29, 1.82) is 0 Å². The monoisotopic (exact) mass is 328 g/mol. The smallest absolute Gasteiger partial charge is 0.336 e. The zero-order valence-electron chi connectivity index (χ0n) is 13.7. The summed E-state index contributed by atoms with van der Waals surface area (Å²) in [5, 5.41) is 0. The van der Waals surface area contributed by atoms with E-state index >= 15 is 0 Å². The Balaban J connectivity index is 2.43. The maximum atomic E-state index is 12.0. The third-order valence-electron chi connectivity index (χ3n) is 3.45. The van der Waals surface area contributed by atoms with Crippen LogP contribution < -0.4 is 0 Å². The Morgan fingerprint density at radius 2 is 1.70 bits per heavy atom. The molecule has 0 N–H and O–H groups in total. The molecule has 1 fully saturated rings. The van der Waals surface area contributed by atoms with Crippen LogP contribution in [0.2, 0.25) is 0 Å². The topological polar surface area (TPSA) is 97.4 Å². The van der Waals surface area contributed by atoms with Gasteiger partial charge in [0.25, 0.3) is 0 Å². The maximum absolute atomic E-state index is 12.0. The molecule has 0 radical (unpaired) electrons. The molecule has 8 nitrogen and oxygen atoms in total. The molecule has 0 spiro atoms. The standard InChI is InChI=1S/C15H20O8/c1-7(16)20-10-6-9(14(18)19-5)11-13(12(10)21-8(2)17)23-15(3,4)22-11/h6,10-13H,1-5H3/t10-,11-,12+,13-/m1/s1. The number of carbonyl (C=O) groups is 3. The second kappa shape index (κ2) is 6.29. The SMILES string of the molecule is COC(=O)C1=C[C@@H](OC(C)=O)[C@H](OC(C)=O)[C@@H]2OC(C)(C)O[C@H]12. The predicted molar refractivity (Wildman–Crippen MR) is 75.0 cm³/mol. The largest absolute Gasteiger partial charge is 0.466 e. The predicted octanol–water partition coefficient (Wildman–Crippen LogP) is 0.483. The minimum absolute atomic E-state index is 0.165. The van der Waals surface area contributed by atoms with Gasteiger partial charge < -0.3 is 23.7 Å². The zero-order chi connectivity index (χ0) is 17.4. The van der Waals surface area contributed by atoms with Gasteiger partial charge in [-0.3, -0.25) is 9.59 Å². The summed E-state index contributed by atoms with van der Waals surface area (Å²) in [5.41, 5.74) is 0.165. The van der Waals surface area contributed by atoms with Gasteiger partial charge in [0.2, 0.25) is 0 Å². The van der Waals surface area contributed by atoms with Gasteiger partial charge in [0.05, 0.1) is 12.7 Å². The van der Waals surface area contributed by atoms with Gasteiger partial charge in [0, 0.05) is 13.8 Å². The highest BCUT2D eigenvalue weighted by atomic mass is 16.8. The van der Waals surface area contributed by atoms with Gasteiger partial charge >= 0.3 is 17.9 Å². The summed E-state index contributed by atoms with van der Waals surface area (Å²) in [6.07, 6.45) is -2.08. The Morgan fingerprint density at radius 1 is 1.09 bits per heavy atom. The molecule has 23 heavy (non-hydrogen) atoms. The van der Waals surface area contributed by atoms with Crippen molar-refractivity contribution in [2.75, 3.05) is 7.11 Å². The second-order valence-corrected chi connectivity index (χ2v) is 5.78. The summed E-state index contributed by atoms with van der Waals surface area (Å²) in [7, 11) is 1.23. The highest BCUT2D eigenvalue weighted by molar-refractivity contribution is 5.90. The quantitative estimate of drug-likeness (QED) is 0.545. The summed E-state index contributed by atoms with van der Waals surface area (Å²) in [5.74, 6) is -2.76. The van der Waals surface area contributed by atoms with E-state index in [9.17, 15) is 14.4 Å². The van der Waals surface area contributed by atoms with Crippen molar-refractivity contribution < 1.29 is 38.1 Å². The van der Waals surface area contributed by atoms with E-state index in [0.717, 1.165) is 0 Å². The van der Waals surface area contributed by atoms with E-state index in [0.29, 0.717) is 0 Å². The zero-order valence-corrected chi connectivity index (χ0v) is 13.7. The van der Waals surface area contributed by atoms with Crippen LogP contribution in [-0.2, 0) is 38.1 Å². The molecule has 128 valence electrons. The number of esters is 3. The van der Waals surface area contributed by atoms with E-state index < -0.39 is 48.1 Å². The molecule has 1 saturated heterocycles. The number of hydrogen-bond donors (Lipinski definition) is 0. The first-order valence-corrected chi connectivity index (χ1v) is 7.14. The van der Waals surface area contributed by atoms with Gasteiger partial charge in [-0.1, -0.05) is 0 Å². The van der Waals surface area contributed by atoms with Crippen molar-refractivity contribution in [3.8, 4) is 0 Å². The van der Waals surface area contributed by atoms with Crippen molar-refractivity contribution in [2.24, 2.45) is 0 Å². The first-order chi connectivity index (χ1) is 10.6. The summed E-state index contributed by atoms with van der Waals surface area (Å²) in [6.45, 7) is 5.80. The Bertz CT molecular complexity index is 550. The molecule has 1 aliphatic heterocycles. The van der Waals surface area contributed by atoms with Crippen molar-refractivity contribution >= 4 is 17.9 Å². The molecular formula is C15H20O8. The van der Waals surface area contributed by atoms with E-state index in [4.69, 9.17) is 23.7 Å². The van der Waals surface area contributed by atoms with Gasteiger partial charge in [-0.2, -0.15) is 0 Å². The van der Waals surface area contributed by atoms with Crippen LogP contribution in [0.15, 0.2) is 11.6 Å². The molecule has 0 aromatic rings. The molecule has 0 saturated carbocycles. The Kier molecular flexibility index (Phi) is 4.76. The van der Waals surface area contributed by atoms with Crippen LogP contribution in [0.5, 0.6) is 0 Å². The second-order valence-electron chi connectivity index (χ2n) is 5.78. The fourth-order valence-corrected chi connectivity index (χ4v) is 2.74. The van der Waals surface area contributed by atoms with E-state index in [1.807, 2.05) is 0 Å². The number of ether oxygens (including phenoxy) is 5. The van der Waals surface area contributed by atoms with Gasteiger partial charge in [0.1, 0.15) is 12.2 Å².